The predicted octanol–water partition coefficient (Wildman–Crippen LogP) is 3.61. The van der Waals surface area contributed by atoms with E-state index >= 15 is 0 Å². The molecule has 4 nitrogen and oxygen atoms in total. The van der Waals surface area contributed by atoms with Gasteiger partial charge in [0.05, 0.1) is 0 Å². The van der Waals surface area contributed by atoms with Crippen LogP contribution < -0.4 is 4.90 Å². The van der Waals surface area contributed by atoms with Crippen molar-refractivity contribution in [3.63, 3.8) is 0 Å². The average Bonchev–Trinajstić information content (AvgIpc) is 2.56. The lowest BCUT2D eigenvalue weighted by molar-refractivity contribution is 0.191. The summed E-state index contributed by atoms with van der Waals surface area (Å²) in [5.41, 5.74) is 1.09. The first-order valence-corrected chi connectivity index (χ1v) is 9.44. The van der Waals surface area contributed by atoms with E-state index in [1.807, 2.05) is 0 Å². The van der Waals surface area contributed by atoms with Crippen LogP contribution >= 0.6 is 0 Å². The number of aromatic nitrogens is 2. The van der Waals surface area contributed by atoms with Crippen molar-refractivity contribution in [2.75, 3.05) is 37.6 Å². The maximum atomic E-state index is 4.79. The van der Waals surface area contributed by atoms with Crippen molar-refractivity contribution in [3.8, 4) is 0 Å². The van der Waals surface area contributed by atoms with Crippen LogP contribution in [0.15, 0.2) is 6.07 Å². The summed E-state index contributed by atoms with van der Waals surface area (Å²) in [5.74, 6) is 3.44. The summed E-state index contributed by atoms with van der Waals surface area (Å²) in [5, 5.41) is 0. The number of anilines is 1. The Balaban J connectivity index is 1.56. The fourth-order valence-electron chi connectivity index (χ4n) is 3.89. The SMILES string of the molecule is Cc1cc(N2CCN(CC3CCCCC3)CC2)nc(C(C)C)n1. The summed E-state index contributed by atoms with van der Waals surface area (Å²) in [6, 6.07) is 2.14. The van der Waals surface area contributed by atoms with Gasteiger partial charge in [0.1, 0.15) is 11.6 Å². The molecule has 1 aromatic rings. The molecule has 4 heteroatoms. The molecule has 1 aliphatic carbocycles. The molecule has 23 heavy (non-hydrogen) atoms. The molecule has 1 aliphatic heterocycles. The first kappa shape index (κ1) is 16.7. The zero-order chi connectivity index (χ0) is 16.2. The van der Waals surface area contributed by atoms with Gasteiger partial charge in [-0.1, -0.05) is 33.1 Å². The van der Waals surface area contributed by atoms with Crippen LogP contribution in [0.3, 0.4) is 0 Å². The molecular weight excluding hydrogens is 284 g/mol. The summed E-state index contributed by atoms with van der Waals surface area (Å²) >= 11 is 0. The van der Waals surface area contributed by atoms with Crippen LogP contribution in [0.25, 0.3) is 0 Å². The Morgan fingerprint density at radius 2 is 1.74 bits per heavy atom. The highest BCUT2D eigenvalue weighted by atomic mass is 15.3. The van der Waals surface area contributed by atoms with E-state index in [1.54, 1.807) is 0 Å². The van der Waals surface area contributed by atoms with Crippen molar-refractivity contribution < 1.29 is 0 Å². The fraction of sp³-hybridized carbons (Fsp3) is 0.789. The van der Waals surface area contributed by atoms with Gasteiger partial charge >= 0.3 is 0 Å². The maximum absolute atomic E-state index is 4.79. The number of aryl methyl sites for hydroxylation is 1. The molecule has 0 radical (unpaired) electrons. The van der Waals surface area contributed by atoms with E-state index in [0.29, 0.717) is 5.92 Å². The molecule has 3 rings (SSSR count). The molecule has 0 spiro atoms. The van der Waals surface area contributed by atoms with Crippen LogP contribution in [0.2, 0.25) is 0 Å². The monoisotopic (exact) mass is 316 g/mol. The highest BCUT2D eigenvalue weighted by Crippen LogP contribution is 2.25. The molecule has 2 fully saturated rings. The maximum Gasteiger partial charge on any atom is 0.133 e. The number of rotatable bonds is 4. The number of hydrogen-bond acceptors (Lipinski definition) is 4. The van der Waals surface area contributed by atoms with Gasteiger partial charge in [0.2, 0.25) is 0 Å². The van der Waals surface area contributed by atoms with Gasteiger partial charge in [-0.25, -0.2) is 9.97 Å². The minimum Gasteiger partial charge on any atom is -0.354 e. The zero-order valence-electron chi connectivity index (χ0n) is 15.1. The van der Waals surface area contributed by atoms with Crippen LogP contribution in [0.5, 0.6) is 0 Å². The van der Waals surface area contributed by atoms with Crippen molar-refractivity contribution in [2.45, 2.75) is 58.8 Å². The molecular formula is C19H32N4. The van der Waals surface area contributed by atoms with Crippen molar-refractivity contribution in [3.05, 3.63) is 17.6 Å². The average molecular weight is 316 g/mol. The van der Waals surface area contributed by atoms with Gasteiger partial charge in [-0.05, 0) is 25.7 Å². The minimum atomic E-state index is 0.390. The summed E-state index contributed by atoms with van der Waals surface area (Å²) in [6.45, 7) is 12.3. The van der Waals surface area contributed by atoms with Crippen LogP contribution in [0.4, 0.5) is 5.82 Å². The van der Waals surface area contributed by atoms with E-state index in [1.165, 1.54) is 51.7 Å². The summed E-state index contributed by atoms with van der Waals surface area (Å²) in [7, 11) is 0. The largest absolute Gasteiger partial charge is 0.354 e. The Morgan fingerprint density at radius 3 is 2.39 bits per heavy atom. The molecule has 2 heterocycles. The highest BCUT2D eigenvalue weighted by Gasteiger charge is 2.22. The first-order chi connectivity index (χ1) is 11.1. The summed E-state index contributed by atoms with van der Waals surface area (Å²) < 4.78 is 0. The first-order valence-electron chi connectivity index (χ1n) is 9.44. The molecule has 128 valence electrons. The highest BCUT2D eigenvalue weighted by molar-refractivity contribution is 5.40. The normalized spacial score (nSPS) is 21.1. The lowest BCUT2D eigenvalue weighted by atomic mass is 9.89. The van der Waals surface area contributed by atoms with Crippen molar-refractivity contribution in [2.24, 2.45) is 5.92 Å². The van der Waals surface area contributed by atoms with E-state index in [9.17, 15) is 0 Å². The van der Waals surface area contributed by atoms with Crippen molar-refractivity contribution in [1.82, 2.24) is 14.9 Å². The summed E-state index contributed by atoms with van der Waals surface area (Å²) in [4.78, 5) is 14.5. The Kier molecular flexibility index (Phi) is 5.52. The van der Waals surface area contributed by atoms with Crippen LogP contribution in [-0.4, -0.2) is 47.6 Å². The molecule has 0 unspecified atom stereocenters. The molecule has 1 aromatic heterocycles. The fourth-order valence-corrected chi connectivity index (χ4v) is 3.89. The Labute approximate surface area is 141 Å². The van der Waals surface area contributed by atoms with Crippen molar-refractivity contribution in [1.29, 1.82) is 0 Å². The van der Waals surface area contributed by atoms with Gasteiger partial charge < -0.3 is 4.90 Å². The number of nitrogens with zero attached hydrogens (tertiary/aromatic N) is 4. The minimum absolute atomic E-state index is 0.390. The second kappa shape index (κ2) is 7.61. The van der Waals surface area contributed by atoms with Gasteiger partial charge in [-0.2, -0.15) is 0 Å². The lowest BCUT2D eigenvalue weighted by Gasteiger charge is -2.38. The summed E-state index contributed by atoms with van der Waals surface area (Å²) in [6.07, 6.45) is 7.24. The third kappa shape index (κ3) is 4.43. The number of piperazine rings is 1. The van der Waals surface area contributed by atoms with Crippen LogP contribution in [0.1, 0.15) is 63.4 Å². The molecule has 0 atom stereocenters. The second-order valence-corrected chi connectivity index (χ2v) is 7.67. The van der Waals surface area contributed by atoms with E-state index in [0.717, 1.165) is 36.3 Å². The molecule has 0 N–H and O–H groups in total. The third-order valence-corrected chi connectivity index (χ3v) is 5.31. The molecule has 1 saturated carbocycles. The van der Waals surface area contributed by atoms with E-state index in [2.05, 4.69) is 41.6 Å². The standard InChI is InChI=1S/C19H32N4/c1-15(2)19-20-16(3)13-18(21-19)23-11-9-22(10-12-23)14-17-7-5-4-6-8-17/h13,15,17H,4-12,14H2,1-3H3. The van der Waals surface area contributed by atoms with E-state index in [4.69, 9.17) is 4.98 Å². The van der Waals surface area contributed by atoms with Gasteiger partial charge in [-0.3, -0.25) is 4.90 Å². The molecule has 0 amide bonds. The molecule has 0 aromatic carbocycles. The Hall–Kier alpha value is -1.16. The Bertz CT molecular complexity index is 500. The quantitative estimate of drug-likeness (QED) is 0.849. The topological polar surface area (TPSA) is 32.3 Å². The third-order valence-electron chi connectivity index (χ3n) is 5.31. The van der Waals surface area contributed by atoms with Gasteiger partial charge in [0, 0.05) is 50.4 Å². The number of hydrogen-bond donors (Lipinski definition) is 0. The van der Waals surface area contributed by atoms with Crippen molar-refractivity contribution >= 4 is 5.82 Å². The molecule has 0 bridgehead atoms. The van der Waals surface area contributed by atoms with Crippen LogP contribution in [-0.2, 0) is 0 Å². The second-order valence-electron chi connectivity index (χ2n) is 7.67. The van der Waals surface area contributed by atoms with E-state index < -0.39 is 0 Å². The van der Waals surface area contributed by atoms with Gasteiger partial charge in [0.25, 0.3) is 0 Å². The predicted molar refractivity (Wildman–Crippen MR) is 96.1 cm³/mol. The van der Waals surface area contributed by atoms with Gasteiger partial charge in [-0.15, -0.1) is 0 Å². The molecule has 2 aliphatic rings. The van der Waals surface area contributed by atoms with Crippen LogP contribution in [0, 0.1) is 12.8 Å². The lowest BCUT2D eigenvalue weighted by Crippen LogP contribution is -2.48. The smallest absolute Gasteiger partial charge is 0.133 e. The Morgan fingerprint density at radius 1 is 1.04 bits per heavy atom. The van der Waals surface area contributed by atoms with Gasteiger partial charge in [0.15, 0.2) is 0 Å². The zero-order valence-corrected chi connectivity index (χ0v) is 15.1. The molecule has 1 saturated heterocycles. The van der Waals surface area contributed by atoms with E-state index in [-0.39, 0.29) is 0 Å².